The third kappa shape index (κ3) is 3.82. The van der Waals surface area contributed by atoms with Gasteiger partial charge in [0, 0.05) is 24.7 Å². The molecule has 6 nitrogen and oxygen atoms in total. The number of nitrogens with one attached hydrogen (secondary N) is 2. The van der Waals surface area contributed by atoms with Gasteiger partial charge in [-0.1, -0.05) is 6.92 Å². The molecule has 102 valence electrons. The molecule has 0 aliphatic rings. The SMILES string of the molecule is CCc1c(NN)ncnc1NCCN(C)C(C)C. The molecule has 1 rings (SSSR count). The van der Waals surface area contributed by atoms with Gasteiger partial charge in [0.1, 0.15) is 18.0 Å². The van der Waals surface area contributed by atoms with E-state index in [4.69, 9.17) is 5.84 Å². The van der Waals surface area contributed by atoms with Crippen LogP contribution in [0.3, 0.4) is 0 Å². The van der Waals surface area contributed by atoms with E-state index in [9.17, 15) is 0 Å². The molecule has 0 aliphatic heterocycles. The zero-order valence-corrected chi connectivity index (χ0v) is 11.7. The van der Waals surface area contributed by atoms with Crippen LogP contribution in [0.2, 0.25) is 0 Å². The Labute approximate surface area is 109 Å². The maximum absolute atomic E-state index is 5.44. The Hall–Kier alpha value is -1.40. The molecule has 0 aliphatic carbocycles. The number of hydrogen-bond donors (Lipinski definition) is 3. The number of anilines is 2. The third-order valence-corrected chi connectivity index (χ3v) is 3.07. The van der Waals surface area contributed by atoms with Gasteiger partial charge in [0.15, 0.2) is 0 Å². The zero-order valence-electron chi connectivity index (χ0n) is 11.7. The van der Waals surface area contributed by atoms with E-state index >= 15 is 0 Å². The van der Waals surface area contributed by atoms with Crippen LogP contribution < -0.4 is 16.6 Å². The number of likely N-dealkylation sites (N-methyl/N-ethyl adjacent to an activating group) is 1. The number of hydrazine groups is 1. The molecule has 0 saturated carbocycles. The second-order valence-electron chi connectivity index (χ2n) is 4.55. The minimum Gasteiger partial charge on any atom is -0.368 e. The van der Waals surface area contributed by atoms with Gasteiger partial charge in [0.2, 0.25) is 0 Å². The number of rotatable bonds is 7. The Morgan fingerprint density at radius 1 is 1.33 bits per heavy atom. The molecule has 0 spiro atoms. The normalized spacial score (nSPS) is 11.1. The summed E-state index contributed by atoms with van der Waals surface area (Å²) in [6, 6.07) is 0.545. The van der Waals surface area contributed by atoms with Gasteiger partial charge in [-0.2, -0.15) is 0 Å². The quantitative estimate of drug-likeness (QED) is 0.498. The van der Waals surface area contributed by atoms with Crippen molar-refractivity contribution in [3.8, 4) is 0 Å². The Morgan fingerprint density at radius 3 is 2.56 bits per heavy atom. The summed E-state index contributed by atoms with van der Waals surface area (Å²) in [7, 11) is 2.11. The van der Waals surface area contributed by atoms with E-state index in [2.05, 4.69) is 53.4 Å². The molecule has 1 aromatic rings. The van der Waals surface area contributed by atoms with Crippen LogP contribution in [-0.4, -0.2) is 41.0 Å². The molecular formula is C12H24N6. The lowest BCUT2D eigenvalue weighted by molar-refractivity contribution is 0.284. The van der Waals surface area contributed by atoms with Crippen LogP contribution >= 0.6 is 0 Å². The molecule has 0 bridgehead atoms. The summed E-state index contributed by atoms with van der Waals surface area (Å²) in [5.41, 5.74) is 3.62. The summed E-state index contributed by atoms with van der Waals surface area (Å²) in [4.78, 5) is 10.6. The molecule has 4 N–H and O–H groups in total. The van der Waals surface area contributed by atoms with E-state index in [1.54, 1.807) is 0 Å². The highest BCUT2D eigenvalue weighted by molar-refractivity contribution is 5.56. The molecule has 1 aromatic heterocycles. The van der Waals surface area contributed by atoms with Crippen LogP contribution in [-0.2, 0) is 6.42 Å². The molecule has 0 radical (unpaired) electrons. The van der Waals surface area contributed by atoms with Crippen molar-refractivity contribution >= 4 is 11.6 Å². The van der Waals surface area contributed by atoms with E-state index in [0.717, 1.165) is 30.9 Å². The van der Waals surface area contributed by atoms with Crippen molar-refractivity contribution in [2.75, 3.05) is 30.9 Å². The number of nitrogens with zero attached hydrogens (tertiary/aromatic N) is 3. The summed E-state index contributed by atoms with van der Waals surface area (Å²) in [6.07, 6.45) is 2.35. The lowest BCUT2D eigenvalue weighted by Crippen LogP contribution is -2.31. The van der Waals surface area contributed by atoms with Crippen LogP contribution in [0.25, 0.3) is 0 Å². The Kier molecular flexibility index (Phi) is 5.80. The monoisotopic (exact) mass is 252 g/mol. The summed E-state index contributed by atoms with van der Waals surface area (Å²) in [5.74, 6) is 6.98. The Bertz CT molecular complexity index is 366. The van der Waals surface area contributed by atoms with Crippen LogP contribution in [0.4, 0.5) is 11.6 Å². The fourth-order valence-corrected chi connectivity index (χ4v) is 1.63. The van der Waals surface area contributed by atoms with Crippen molar-refractivity contribution in [2.24, 2.45) is 5.84 Å². The number of aromatic nitrogens is 2. The highest BCUT2D eigenvalue weighted by Gasteiger charge is 2.09. The molecule has 6 heteroatoms. The average Bonchev–Trinajstić information content (AvgIpc) is 2.37. The summed E-state index contributed by atoms with van der Waals surface area (Å²) >= 11 is 0. The van der Waals surface area contributed by atoms with E-state index in [0.29, 0.717) is 11.9 Å². The number of nitrogen functional groups attached to an aromatic ring is 1. The average molecular weight is 252 g/mol. The van der Waals surface area contributed by atoms with Gasteiger partial charge in [-0.3, -0.25) is 0 Å². The first-order chi connectivity index (χ1) is 8.60. The van der Waals surface area contributed by atoms with Crippen LogP contribution in [0, 0.1) is 0 Å². The minimum absolute atomic E-state index is 0.545. The van der Waals surface area contributed by atoms with Crippen molar-refractivity contribution in [3.63, 3.8) is 0 Å². The maximum atomic E-state index is 5.44. The topological polar surface area (TPSA) is 79.1 Å². The Balaban J connectivity index is 2.62. The molecule has 0 atom stereocenters. The molecule has 0 fully saturated rings. The predicted molar refractivity (Wildman–Crippen MR) is 75.5 cm³/mol. The van der Waals surface area contributed by atoms with Crippen molar-refractivity contribution < 1.29 is 0 Å². The van der Waals surface area contributed by atoms with Crippen molar-refractivity contribution in [3.05, 3.63) is 11.9 Å². The molecule has 0 amide bonds. The Morgan fingerprint density at radius 2 is 2.00 bits per heavy atom. The first kappa shape index (κ1) is 14.7. The van der Waals surface area contributed by atoms with Crippen molar-refractivity contribution in [1.29, 1.82) is 0 Å². The number of nitrogens with two attached hydrogens (primary N) is 1. The predicted octanol–water partition coefficient (Wildman–Crippen LogP) is 1.08. The van der Waals surface area contributed by atoms with E-state index in [-0.39, 0.29) is 0 Å². The van der Waals surface area contributed by atoms with E-state index in [1.165, 1.54) is 6.33 Å². The standard InChI is InChI=1S/C12H24N6/c1-5-10-11(15-8-16-12(10)17-13)14-6-7-18(4)9(2)3/h8-9H,5-7,13H2,1-4H3,(H2,14,15,16,17). The summed E-state index contributed by atoms with van der Waals surface area (Å²) in [6.45, 7) is 8.24. The van der Waals surface area contributed by atoms with Crippen LogP contribution in [0.1, 0.15) is 26.3 Å². The van der Waals surface area contributed by atoms with Gasteiger partial charge in [0.25, 0.3) is 0 Å². The molecule has 1 heterocycles. The summed E-state index contributed by atoms with van der Waals surface area (Å²) in [5, 5.41) is 3.34. The van der Waals surface area contributed by atoms with Gasteiger partial charge < -0.3 is 15.6 Å². The lowest BCUT2D eigenvalue weighted by Gasteiger charge is -2.21. The van der Waals surface area contributed by atoms with Gasteiger partial charge in [-0.25, -0.2) is 15.8 Å². The van der Waals surface area contributed by atoms with E-state index < -0.39 is 0 Å². The molecule has 0 saturated heterocycles. The zero-order chi connectivity index (χ0) is 13.5. The minimum atomic E-state index is 0.545. The second kappa shape index (κ2) is 7.13. The molecule has 0 unspecified atom stereocenters. The van der Waals surface area contributed by atoms with Crippen LogP contribution in [0.15, 0.2) is 6.33 Å². The van der Waals surface area contributed by atoms with Crippen LogP contribution in [0.5, 0.6) is 0 Å². The molecule has 0 aromatic carbocycles. The largest absolute Gasteiger partial charge is 0.368 e. The van der Waals surface area contributed by atoms with Gasteiger partial charge >= 0.3 is 0 Å². The lowest BCUT2D eigenvalue weighted by atomic mass is 10.2. The smallest absolute Gasteiger partial charge is 0.148 e. The first-order valence-corrected chi connectivity index (χ1v) is 6.34. The fraction of sp³-hybridized carbons (Fsp3) is 0.667. The van der Waals surface area contributed by atoms with Gasteiger partial charge in [-0.05, 0) is 27.3 Å². The number of hydrogen-bond acceptors (Lipinski definition) is 6. The van der Waals surface area contributed by atoms with Gasteiger partial charge in [0.05, 0.1) is 0 Å². The van der Waals surface area contributed by atoms with Crippen molar-refractivity contribution in [1.82, 2.24) is 14.9 Å². The highest BCUT2D eigenvalue weighted by atomic mass is 15.3. The molecular weight excluding hydrogens is 228 g/mol. The second-order valence-corrected chi connectivity index (χ2v) is 4.55. The fourth-order valence-electron chi connectivity index (χ4n) is 1.63. The highest BCUT2D eigenvalue weighted by Crippen LogP contribution is 2.19. The summed E-state index contributed by atoms with van der Waals surface area (Å²) < 4.78 is 0. The van der Waals surface area contributed by atoms with Crippen molar-refractivity contribution in [2.45, 2.75) is 33.2 Å². The first-order valence-electron chi connectivity index (χ1n) is 6.34. The van der Waals surface area contributed by atoms with Gasteiger partial charge in [-0.15, -0.1) is 0 Å². The maximum Gasteiger partial charge on any atom is 0.148 e. The third-order valence-electron chi connectivity index (χ3n) is 3.07. The van der Waals surface area contributed by atoms with E-state index in [1.807, 2.05) is 0 Å². The molecule has 18 heavy (non-hydrogen) atoms.